The van der Waals surface area contributed by atoms with Crippen molar-refractivity contribution < 1.29 is 0 Å². The van der Waals surface area contributed by atoms with Crippen molar-refractivity contribution in [3.63, 3.8) is 0 Å². The normalized spacial score (nSPS) is 12.2. The molecular weight excluding hydrogens is 246 g/mol. The van der Waals surface area contributed by atoms with Crippen LogP contribution in [0.5, 0.6) is 0 Å². The van der Waals surface area contributed by atoms with Gasteiger partial charge in [-0.05, 0) is 25.5 Å². The summed E-state index contributed by atoms with van der Waals surface area (Å²) in [4.78, 5) is 4.19. The first-order valence-corrected chi connectivity index (χ1v) is 6.18. The van der Waals surface area contributed by atoms with Gasteiger partial charge in [-0.15, -0.1) is 0 Å². The molecule has 2 aromatic rings. The monoisotopic (exact) mass is 261 g/mol. The molecule has 0 spiro atoms. The third-order valence-corrected chi connectivity index (χ3v) is 3.08. The molecular formula is C14H16ClN3. The van der Waals surface area contributed by atoms with Gasteiger partial charge in [0.25, 0.3) is 0 Å². The number of nitrogens with zero attached hydrogens (tertiary/aromatic N) is 1. The molecule has 1 aromatic heterocycles. The molecule has 18 heavy (non-hydrogen) atoms. The van der Waals surface area contributed by atoms with Gasteiger partial charge in [0.2, 0.25) is 0 Å². The zero-order valence-electron chi connectivity index (χ0n) is 10.4. The van der Waals surface area contributed by atoms with Crippen molar-refractivity contribution in [1.29, 1.82) is 0 Å². The maximum absolute atomic E-state index is 6.08. The minimum Gasteiger partial charge on any atom is -0.397 e. The lowest BCUT2D eigenvalue weighted by molar-refractivity contribution is 0.874. The molecule has 0 aliphatic carbocycles. The predicted octanol–water partition coefficient (Wildman–Crippen LogP) is 3.80. The molecule has 2 rings (SSSR count). The number of nitrogen functional groups attached to an aromatic ring is 1. The number of benzene rings is 1. The SMILES string of the molecule is Cc1ccc(C(C)Nc2ncc(N)cc2Cl)cc1. The number of anilines is 2. The maximum atomic E-state index is 6.08. The van der Waals surface area contributed by atoms with Gasteiger partial charge < -0.3 is 11.1 Å². The van der Waals surface area contributed by atoms with E-state index in [2.05, 4.69) is 48.4 Å². The van der Waals surface area contributed by atoms with Crippen LogP contribution in [-0.4, -0.2) is 4.98 Å². The van der Waals surface area contributed by atoms with E-state index in [0.717, 1.165) is 0 Å². The Morgan fingerprint density at radius 3 is 2.56 bits per heavy atom. The van der Waals surface area contributed by atoms with Crippen molar-refractivity contribution in [1.82, 2.24) is 4.98 Å². The number of pyridine rings is 1. The van der Waals surface area contributed by atoms with Gasteiger partial charge in [0.1, 0.15) is 5.82 Å². The summed E-state index contributed by atoms with van der Waals surface area (Å²) in [6.45, 7) is 4.14. The number of aryl methyl sites for hydroxylation is 1. The average Bonchev–Trinajstić information content (AvgIpc) is 2.33. The molecule has 3 nitrogen and oxygen atoms in total. The molecule has 1 unspecified atom stereocenters. The van der Waals surface area contributed by atoms with Crippen molar-refractivity contribution in [2.45, 2.75) is 19.9 Å². The van der Waals surface area contributed by atoms with E-state index in [4.69, 9.17) is 17.3 Å². The van der Waals surface area contributed by atoms with Crippen LogP contribution < -0.4 is 11.1 Å². The highest BCUT2D eigenvalue weighted by atomic mass is 35.5. The minimum atomic E-state index is 0.138. The third kappa shape index (κ3) is 2.93. The van der Waals surface area contributed by atoms with E-state index in [1.54, 1.807) is 12.3 Å². The molecule has 1 aromatic carbocycles. The van der Waals surface area contributed by atoms with Crippen molar-refractivity contribution >= 4 is 23.1 Å². The summed E-state index contributed by atoms with van der Waals surface area (Å²) in [5.41, 5.74) is 8.61. The lowest BCUT2D eigenvalue weighted by Crippen LogP contribution is -2.08. The molecule has 1 heterocycles. The quantitative estimate of drug-likeness (QED) is 0.884. The number of hydrogen-bond donors (Lipinski definition) is 2. The summed E-state index contributed by atoms with van der Waals surface area (Å²) in [6, 6.07) is 10.2. The van der Waals surface area contributed by atoms with Gasteiger partial charge >= 0.3 is 0 Å². The summed E-state index contributed by atoms with van der Waals surface area (Å²) in [5, 5.41) is 3.81. The second kappa shape index (κ2) is 5.27. The van der Waals surface area contributed by atoms with Crippen LogP contribution in [0.2, 0.25) is 5.02 Å². The van der Waals surface area contributed by atoms with Gasteiger partial charge in [-0.1, -0.05) is 41.4 Å². The van der Waals surface area contributed by atoms with E-state index >= 15 is 0 Å². The molecule has 0 radical (unpaired) electrons. The predicted molar refractivity (Wildman–Crippen MR) is 76.9 cm³/mol. The van der Waals surface area contributed by atoms with Crippen molar-refractivity contribution in [3.05, 3.63) is 52.7 Å². The molecule has 94 valence electrons. The van der Waals surface area contributed by atoms with Gasteiger partial charge in [-0.2, -0.15) is 0 Å². The minimum absolute atomic E-state index is 0.138. The van der Waals surface area contributed by atoms with Crippen LogP contribution in [0, 0.1) is 6.92 Å². The molecule has 3 N–H and O–H groups in total. The van der Waals surface area contributed by atoms with Crippen molar-refractivity contribution in [2.75, 3.05) is 11.1 Å². The standard InChI is InChI=1S/C14H16ClN3/c1-9-3-5-11(6-4-9)10(2)18-14-13(15)7-12(16)8-17-14/h3-8,10H,16H2,1-2H3,(H,17,18). The summed E-state index contributed by atoms with van der Waals surface area (Å²) in [6.07, 6.45) is 1.59. The Morgan fingerprint density at radius 1 is 1.28 bits per heavy atom. The average molecular weight is 262 g/mol. The van der Waals surface area contributed by atoms with E-state index in [-0.39, 0.29) is 6.04 Å². The van der Waals surface area contributed by atoms with E-state index in [1.807, 2.05) is 0 Å². The number of rotatable bonds is 3. The number of nitrogens with one attached hydrogen (secondary N) is 1. The Hall–Kier alpha value is -1.74. The third-order valence-electron chi connectivity index (χ3n) is 2.79. The van der Waals surface area contributed by atoms with Gasteiger partial charge in [0, 0.05) is 6.04 Å². The topological polar surface area (TPSA) is 50.9 Å². The van der Waals surface area contributed by atoms with E-state index in [9.17, 15) is 0 Å². The van der Waals surface area contributed by atoms with Crippen LogP contribution in [-0.2, 0) is 0 Å². The molecule has 0 saturated carbocycles. The zero-order chi connectivity index (χ0) is 13.1. The number of nitrogens with two attached hydrogens (primary N) is 1. The van der Waals surface area contributed by atoms with Crippen LogP contribution in [0.3, 0.4) is 0 Å². The Balaban J connectivity index is 2.15. The number of halogens is 1. The second-order valence-corrected chi connectivity index (χ2v) is 4.78. The molecule has 1 atom stereocenters. The van der Waals surface area contributed by atoms with Gasteiger partial charge in [-0.3, -0.25) is 0 Å². The van der Waals surface area contributed by atoms with E-state index < -0.39 is 0 Å². The molecule has 0 aliphatic rings. The van der Waals surface area contributed by atoms with Crippen molar-refractivity contribution in [3.8, 4) is 0 Å². The second-order valence-electron chi connectivity index (χ2n) is 4.38. The molecule has 4 heteroatoms. The van der Waals surface area contributed by atoms with Gasteiger partial charge in [-0.25, -0.2) is 4.98 Å². The first-order chi connectivity index (χ1) is 8.56. The number of aromatic nitrogens is 1. The summed E-state index contributed by atoms with van der Waals surface area (Å²) >= 11 is 6.08. The maximum Gasteiger partial charge on any atom is 0.145 e. The lowest BCUT2D eigenvalue weighted by atomic mass is 10.1. The first kappa shape index (κ1) is 12.7. The van der Waals surface area contributed by atoms with Crippen LogP contribution in [0.25, 0.3) is 0 Å². The van der Waals surface area contributed by atoms with Crippen molar-refractivity contribution in [2.24, 2.45) is 0 Å². The highest BCUT2D eigenvalue weighted by Crippen LogP contribution is 2.25. The fourth-order valence-electron chi connectivity index (χ4n) is 1.70. The largest absolute Gasteiger partial charge is 0.397 e. The van der Waals surface area contributed by atoms with Crippen LogP contribution in [0.15, 0.2) is 36.5 Å². The number of hydrogen-bond acceptors (Lipinski definition) is 3. The Morgan fingerprint density at radius 2 is 1.94 bits per heavy atom. The van der Waals surface area contributed by atoms with E-state index in [0.29, 0.717) is 16.5 Å². The smallest absolute Gasteiger partial charge is 0.145 e. The highest BCUT2D eigenvalue weighted by Gasteiger charge is 2.08. The Bertz CT molecular complexity index is 537. The van der Waals surface area contributed by atoms with E-state index in [1.165, 1.54) is 11.1 Å². The fraction of sp³-hybridized carbons (Fsp3) is 0.214. The van der Waals surface area contributed by atoms with Gasteiger partial charge in [0.15, 0.2) is 0 Å². The summed E-state index contributed by atoms with van der Waals surface area (Å²) in [5.74, 6) is 0.652. The molecule has 0 bridgehead atoms. The van der Waals surface area contributed by atoms with Crippen LogP contribution in [0.4, 0.5) is 11.5 Å². The van der Waals surface area contributed by atoms with Crippen LogP contribution >= 0.6 is 11.6 Å². The lowest BCUT2D eigenvalue weighted by Gasteiger charge is -2.16. The molecule has 0 aliphatic heterocycles. The zero-order valence-corrected chi connectivity index (χ0v) is 11.2. The summed E-state index contributed by atoms with van der Waals surface area (Å²) in [7, 11) is 0. The fourth-order valence-corrected chi connectivity index (χ4v) is 1.93. The Kier molecular flexibility index (Phi) is 3.72. The highest BCUT2D eigenvalue weighted by molar-refractivity contribution is 6.33. The Labute approximate surface area is 112 Å². The van der Waals surface area contributed by atoms with Crippen LogP contribution in [0.1, 0.15) is 24.1 Å². The first-order valence-electron chi connectivity index (χ1n) is 5.80. The van der Waals surface area contributed by atoms with Gasteiger partial charge in [0.05, 0.1) is 16.9 Å². The molecule has 0 saturated heterocycles. The summed E-state index contributed by atoms with van der Waals surface area (Å²) < 4.78 is 0. The molecule has 0 amide bonds. The molecule has 0 fully saturated rings.